The lowest BCUT2D eigenvalue weighted by Gasteiger charge is -2.37. The Morgan fingerprint density at radius 3 is 1.46 bits per heavy atom. The second-order valence-corrected chi connectivity index (χ2v) is 2.52. The fourth-order valence-corrected chi connectivity index (χ4v) is 0.563. The highest BCUT2D eigenvalue weighted by atomic mass is 16.6. The molecule has 8 heteroatoms. The van der Waals surface area contributed by atoms with Gasteiger partial charge in [-0.2, -0.15) is 0 Å². The molecule has 0 saturated carbocycles. The minimum absolute atomic E-state index is 1.21. The second kappa shape index (κ2) is 3.82. The van der Waals surface area contributed by atoms with Gasteiger partial charge in [-0.25, -0.2) is 0 Å². The van der Waals surface area contributed by atoms with Gasteiger partial charge in [0.1, 0.15) is 6.10 Å². The number of hydrogen-bond acceptors (Lipinski definition) is 8. The SMILES string of the molecule is OCC(O)C(O)(O)C(O)(O)C(O)O. The molecular formula is C5H12O8. The Bertz CT molecular complexity index is 164. The van der Waals surface area contributed by atoms with Crippen molar-refractivity contribution in [3.63, 3.8) is 0 Å². The highest BCUT2D eigenvalue weighted by Crippen LogP contribution is 2.23. The van der Waals surface area contributed by atoms with Crippen LogP contribution in [0.1, 0.15) is 0 Å². The van der Waals surface area contributed by atoms with E-state index in [1.54, 1.807) is 0 Å². The van der Waals surface area contributed by atoms with Gasteiger partial charge >= 0.3 is 0 Å². The fraction of sp³-hybridized carbons (Fsp3) is 1.00. The molecule has 0 saturated heterocycles. The summed E-state index contributed by atoms with van der Waals surface area (Å²) in [5, 5.41) is 68.6. The third kappa shape index (κ3) is 2.13. The topological polar surface area (TPSA) is 162 Å². The van der Waals surface area contributed by atoms with Crippen molar-refractivity contribution in [1.82, 2.24) is 0 Å². The molecule has 0 aliphatic rings. The third-order valence-electron chi connectivity index (χ3n) is 1.54. The van der Waals surface area contributed by atoms with E-state index in [1.807, 2.05) is 0 Å². The van der Waals surface area contributed by atoms with E-state index in [1.165, 1.54) is 0 Å². The van der Waals surface area contributed by atoms with Gasteiger partial charge in [-0.1, -0.05) is 0 Å². The van der Waals surface area contributed by atoms with E-state index < -0.39 is 30.6 Å². The van der Waals surface area contributed by atoms with Gasteiger partial charge in [-0.05, 0) is 0 Å². The van der Waals surface area contributed by atoms with Crippen molar-refractivity contribution in [2.45, 2.75) is 24.0 Å². The zero-order valence-corrected chi connectivity index (χ0v) is 6.44. The first-order valence-corrected chi connectivity index (χ1v) is 3.22. The normalized spacial score (nSPS) is 16.4. The molecule has 0 aromatic carbocycles. The van der Waals surface area contributed by atoms with Gasteiger partial charge in [0.05, 0.1) is 6.61 Å². The van der Waals surface area contributed by atoms with Crippen LogP contribution in [0.5, 0.6) is 0 Å². The largest absolute Gasteiger partial charge is 0.393 e. The van der Waals surface area contributed by atoms with Crippen molar-refractivity contribution in [3.8, 4) is 0 Å². The quantitative estimate of drug-likeness (QED) is 0.209. The average Bonchev–Trinajstić information content (AvgIpc) is 2.02. The van der Waals surface area contributed by atoms with Crippen LogP contribution in [0.3, 0.4) is 0 Å². The van der Waals surface area contributed by atoms with E-state index in [-0.39, 0.29) is 0 Å². The van der Waals surface area contributed by atoms with E-state index >= 15 is 0 Å². The Kier molecular flexibility index (Phi) is 3.72. The summed E-state index contributed by atoms with van der Waals surface area (Å²) in [6.45, 7) is -1.21. The minimum atomic E-state index is -3.77. The van der Waals surface area contributed by atoms with Crippen LogP contribution < -0.4 is 0 Å². The third-order valence-corrected chi connectivity index (χ3v) is 1.54. The first kappa shape index (κ1) is 12.7. The predicted octanol–water partition coefficient (Wildman–Crippen LogP) is -4.99. The van der Waals surface area contributed by atoms with Gasteiger partial charge in [-0.3, -0.25) is 0 Å². The van der Waals surface area contributed by atoms with Crippen LogP contribution in [-0.2, 0) is 0 Å². The standard InChI is InChI=1S/C5H12O8/c6-1-2(7)4(10,11)5(12,13)3(8)9/h2-3,6-13H,1H2. The maximum absolute atomic E-state index is 8.81. The molecule has 0 fully saturated rings. The Hall–Kier alpha value is -0.320. The van der Waals surface area contributed by atoms with Gasteiger partial charge in [0.2, 0.25) is 6.29 Å². The van der Waals surface area contributed by atoms with E-state index in [2.05, 4.69) is 0 Å². The number of hydrogen-bond donors (Lipinski definition) is 8. The molecule has 0 spiro atoms. The molecule has 0 aromatic heterocycles. The second-order valence-electron chi connectivity index (χ2n) is 2.52. The molecule has 0 aromatic rings. The van der Waals surface area contributed by atoms with E-state index in [0.717, 1.165) is 0 Å². The van der Waals surface area contributed by atoms with Crippen molar-refractivity contribution in [2.24, 2.45) is 0 Å². The molecule has 80 valence electrons. The van der Waals surface area contributed by atoms with Crippen LogP contribution in [0.2, 0.25) is 0 Å². The molecule has 0 radical (unpaired) electrons. The molecule has 8 nitrogen and oxygen atoms in total. The van der Waals surface area contributed by atoms with Crippen molar-refractivity contribution in [2.75, 3.05) is 6.61 Å². The number of rotatable bonds is 4. The van der Waals surface area contributed by atoms with Crippen LogP contribution in [0.25, 0.3) is 0 Å². The molecule has 0 aliphatic carbocycles. The van der Waals surface area contributed by atoms with Crippen molar-refractivity contribution < 1.29 is 40.9 Å². The highest BCUT2D eigenvalue weighted by Gasteiger charge is 2.56. The maximum Gasteiger partial charge on any atom is 0.273 e. The molecular weight excluding hydrogens is 188 g/mol. The first-order chi connectivity index (χ1) is 5.67. The molecule has 8 N–H and O–H groups in total. The average molecular weight is 200 g/mol. The summed E-state index contributed by atoms with van der Waals surface area (Å²) in [6.07, 6.45) is -5.27. The van der Waals surface area contributed by atoms with Crippen LogP contribution in [0, 0.1) is 0 Å². The lowest BCUT2D eigenvalue weighted by atomic mass is 10.00. The van der Waals surface area contributed by atoms with Crippen molar-refractivity contribution in [1.29, 1.82) is 0 Å². The zero-order chi connectivity index (χ0) is 10.9. The lowest BCUT2D eigenvalue weighted by Crippen LogP contribution is -2.67. The van der Waals surface area contributed by atoms with Crippen molar-refractivity contribution >= 4 is 0 Å². The van der Waals surface area contributed by atoms with Crippen LogP contribution in [0.15, 0.2) is 0 Å². The molecule has 0 rings (SSSR count). The van der Waals surface area contributed by atoms with E-state index in [0.29, 0.717) is 0 Å². The summed E-state index contributed by atoms with van der Waals surface area (Å²) >= 11 is 0. The molecule has 1 unspecified atom stereocenters. The summed E-state index contributed by atoms with van der Waals surface area (Å²) < 4.78 is 0. The Balaban J connectivity index is 4.80. The fourth-order valence-electron chi connectivity index (χ4n) is 0.563. The van der Waals surface area contributed by atoms with Gasteiger partial charge < -0.3 is 40.9 Å². The Morgan fingerprint density at radius 2 is 1.23 bits per heavy atom. The highest BCUT2D eigenvalue weighted by molar-refractivity contribution is 4.89. The molecule has 0 amide bonds. The number of aliphatic hydroxyl groups excluding tert-OH is 3. The Morgan fingerprint density at radius 1 is 0.846 bits per heavy atom. The van der Waals surface area contributed by atoms with Gasteiger partial charge in [0.25, 0.3) is 11.6 Å². The van der Waals surface area contributed by atoms with Gasteiger partial charge in [-0.15, -0.1) is 0 Å². The predicted molar refractivity (Wildman–Crippen MR) is 35.7 cm³/mol. The van der Waals surface area contributed by atoms with Gasteiger partial charge in [0.15, 0.2) is 0 Å². The maximum atomic E-state index is 8.81. The molecule has 0 heterocycles. The minimum Gasteiger partial charge on any atom is -0.393 e. The number of aliphatic hydroxyl groups is 8. The lowest BCUT2D eigenvalue weighted by molar-refractivity contribution is -0.433. The summed E-state index contributed by atoms with van der Waals surface area (Å²) in [7, 11) is 0. The molecule has 0 bridgehead atoms. The molecule has 0 aliphatic heterocycles. The monoisotopic (exact) mass is 200 g/mol. The zero-order valence-electron chi connectivity index (χ0n) is 6.44. The summed E-state index contributed by atoms with van der Waals surface area (Å²) in [6, 6.07) is 0. The summed E-state index contributed by atoms with van der Waals surface area (Å²) in [4.78, 5) is 0. The van der Waals surface area contributed by atoms with E-state index in [9.17, 15) is 0 Å². The van der Waals surface area contributed by atoms with E-state index in [4.69, 9.17) is 40.9 Å². The van der Waals surface area contributed by atoms with Crippen LogP contribution >= 0.6 is 0 Å². The summed E-state index contributed by atoms with van der Waals surface area (Å²) in [5.74, 6) is -7.43. The molecule has 1 atom stereocenters. The summed E-state index contributed by atoms with van der Waals surface area (Å²) in [5.41, 5.74) is 0. The van der Waals surface area contributed by atoms with Crippen molar-refractivity contribution in [3.05, 3.63) is 0 Å². The first-order valence-electron chi connectivity index (χ1n) is 3.22. The Labute approximate surface area is 72.6 Å². The molecule has 13 heavy (non-hydrogen) atoms. The van der Waals surface area contributed by atoms with Crippen LogP contribution in [0.4, 0.5) is 0 Å². The van der Waals surface area contributed by atoms with Gasteiger partial charge in [0, 0.05) is 0 Å². The van der Waals surface area contributed by atoms with Crippen LogP contribution in [-0.4, -0.2) is 71.4 Å². The smallest absolute Gasteiger partial charge is 0.273 e.